The van der Waals surface area contributed by atoms with Crippen LogP contribution in [-0.4, -0.2) is 54.9 Å². The van der Waals surface area contributed by atoms with Crippen molar-refractivity contribution in [3.63, 3.8) is 0 Å². The van der Waals surface area contributed by atoms with Gasteiger partial charge in [0.15, 0.2) is 0 Å². The van der Waals surface area contributed by atoms with Crippen molar-refractivity contribution in [2.24, 2.45) is 16.7 Å². The molecule has 22 heavy (non-hydrogen) atoms. The van der Waals surface area contributed by atoms with Gasteiger partial charge in [-0.2, -0.15) is 0 Å². The lowest BCUT2D eigenvalue weighted by atomic mass is 9.74. The Morgan fingerprint density at radius 3 is 1.91 bits per heavy atom. The molecule has 0 unspecified atom stereocenters. The van der Waals surface area contributed by atoms with Crippen LogP contribution in [-0.2, 0) is 4.79 Å². The molecule has 0 bridgehead atoms. The van der Waals surface area contributed by atoms with Crippen molar-refractivity contribution >= 4 is 5.78 Å². The second kappa shape index (κ2) is 7.92. The highest BCUT2D eigenvalue weighted by Crippen LogP contribution is 2.35. The van der Waals surface area contributed by atoms with Crippen molar-refractivity contribution in [3.8, 4) is 0 Å². The van der Waals surface area contributed by atoms with Crippen molar-refractivity contribution in [3.05, 3.63) is 0 Å². The van der Waals surface area contributed by atoms with Crippen molar-refractivity contribution < 1.29 is 4.79 Å². The normalized spacial score (nSPS) is 18.9. The summed E-state index contributed by atoms with van der Waals surface area (Å²) >= 11 is 0. The lowest BCUT2D eigenvalue weighted by Gasteiger charge is -2.38. The molecule has 1 saturated heterocycles. The van der Waals surface area contributed by atoms with Crippen molar-refractivity contribution in [2.75, 3.05) is 39.3 Å². The van der Waals surface area contributed by atoms with Gasteiger partial charge < -0.3 is 4.90 Å². The summed E-state index contributed by atoms with van der Waals surface area (Å²) in [6.45, 7) is 21.9. The largest absolute Gasteiger partial charge is 0.301 e. The Morgan fingerprint density at radius 2 is 1.45 bits per heavy atom. The number of nitrogens with zero attached hydrogens (tertiary/aromatic N) is 2. The summed E-state index contributed by atoms with van der Waals surface area (Å²) in [6.07, 6.45) is 2.53. The zero-order chi connectivity index (χ0) is 17.0. The van der Waals surface area contributed by atoms with Gasteiger partial charge in [-0.05, 0) is 30.2 Å². The van der Waals surface area contributed by atoms with Crippen molar-refractivity contribution in [1.82, 2.24) is 9.80 Å². The van der Waals surface area contributed by atoms with Crippen LogP contribution in [0.4, 0.5) is 0 Å². The Bertz CT molecular complexity index is 347. The molecule has 1 aliphatic rings. The summed E-state index contributed by atoms with van der Waals surface area (Å²) in [5, 5.41) is 0. The summed E-state index contributed by atoms with van der Waals surface area (Å²) in [7, 11) is 0. The highest BCUT2D eigenvalue weighted by atomic mass is 16.1. The minimum Gasteiger partial charge on any atom is -0.301 e. The molecule has 1 heterocycles. The molecular formula is C19H38N2O. The first kappa shape index (κ1) is 19.6. The number of hydrogen-bond donors (Lipinski definition) is 0. The minimum atomic E-state index is 0.163. The lowest BCUT2D eigenvalue weighted by Crippen LogP contribution is -2.48. The molecular weight excluding hydrogens is 272 g/mol. The average Bonchev–Trinajstić information content (AvgIpc) is 2.35. The van der Waals surface area contributed by atoms with Gasteiger partial charge >= 0.3 is 0 Å². The second-order valence-electron chi connectivity index (χ2n) is 9.39. The van der Waals surface area contributed by atoms with Gasteiger partial charge in [-0.15, -0.1) is 0 Å². The van der Waals surface area contributed by atoms with E-state index in [4.69, 9.17) is 0 Å². The quantitative estimate of drug-likeness (QED) is 0.716. The third-order valence-electron chi connectivity index (χ3n) is 4.60. The molecule has 1 aliphatic heterocycles. The topological polar surface area (TPSA) is 23.6 Å². The zero-order valence-corrected chi connectivity index (χ0v) is 16.0. The van der Waals surface area contributed by atoms with Crippen molar-refractivity contribution in [1.29, 1.82) is 0 Å². The van der Waals surface area contributed by atoms with E-state index in [9.17, 15) is 4.79 Å². The first-order valence-corrected chi connectivity index (χ1v) is 8.96. The molecule has 0 aliphatic carbocycles. The van der Waals surface area contributed by atoms with Gasteiger partial charge in [0.1, 0.15) is 5.78 Å². The number of rotatable bonds is 7. The summed E-state index contributed by atoms with van der Waals surface area (Å²) in [6, 6.07) is 0. The zero-order valence-electron chi connectivity index (χ0n) is 16.0. The van der Waals surface area contributed by atoms with Gasteiger partial charge in [0.25, 0.3) is 0 Å². The number of ketones is 1. The summed E-state index contributed by atoms with van der Waals surface area (Å²) in [5.74, 6) is 0.538. The smallest absolute Gasteiger partial charge is 0.149 e. The molecule has 0 aromatic heterocycles. The van der Waals surface area contributed by atoms with Crippen LogP contribution in [0.1, 0.15) is 61.3 Å². The molecule has 1 rings (SSSR count). The molecule has 3 nitrogen and oxygen atoms in total. The molecule has 3 heteroatoms. The molecule has 1 fully saturated rings. The van der Waals surface area contributed by atoms with Crippen molar-refractivity contribution in [2.45, 2.75) is 61.3 Å². The monoisotopic (exact) mass is 310 g/mol. The van der Waals surface area contributed by atoms with Crippen LogP contribution in [0.5, 0.6) is 0 Å². The molecule has 130 valence electrons. The van der Waals surface area contributed by atoms with Crippen LogP contribution in [0.3, 0.4) is 0 Å². The predicted molar refractivity (Wildman–Crippen MR) is 95.2 cm³/mol. The van der Waals surface area contributed by atoms with Gasteiger partial charge in [0.2, 0.25) is 0 Å². The van der Waals surface area contributed by atoms with E-state index in [0.717, 1.165) is 26.2 Å². The van der Waals surface area contributed by atoms with E-state index >= 15 is 0 Å². The molecule has 0 aromatic rings. The first-order chi connectivity index (χ1) is 9.98. The third-order valence-corrected chi connectivity index (χ3v) is 4.60. The maximum Gasteiger partial charge on any atom is 0.149 e. The van der Waals surface area contributed by atoms with E-state index in [1.54, 1.807) is 0 Å². The molecule has 0 amide bonds. The number of carbonyl (C=O) groups is 1. The Kier molecular flexibility index (Phi) is 7.07. The molecule has 0 spiro atoms. The SMILES string of the molecule is CC(C)C(=O)CN1CCN(CCC(C)(C)CC(C)(C)C)CC1. The molecule has 0 radical (unpaired) electrons. The van der Waals surface area contributed by atoms with Crippen LogP contribution in [0, 0.1) is 16.7 Å². The molecule has 0 aromatic carbocycles. The van der Waals surface area contributed by atoms with Crippen LogP contribution in [0.2, 0.25) is 0 Å². The fourth-order valence-electron chi connectivity index (χ4n) is 3.56. The molecule has 0 saturated carbocycles. The molecule has 0 atom stereocenters. The lowest BCUT2D eigenvalue weighted by molar-refractivity contribution is -0.123. The highest BCUT2D eigenvalue weighted by molar-refractivity contribution is 5.82. The second-order valence-corrected chi connectivity index (χ2v) is 9.39. The Balaban J connectivity index is 2.30. The first-order valence-electron chi connectivity index (χ1n) is 8.96. The van der Waals surface area contributed by atoms with Gasteiger partial charge in [-0.1, -0.05) is 48.5 Å². The standard InChI is InChI=1S/C19H38N2O/c1-16(2)17(22)14-21-12-10-20(11-13-21)9-8-19(6,7)15-18(3,4)5/h16H,8-15H2,1-7H3. The molecule has 0 N–H and O–H groups in total. The van der Waals surface area contributed by atoms with E-state index in [-0.39, 0.29) is 5.92 Å². The van der Waals surface area contributed by atoms with Crippen LogP contribution >= 0.6 is 0 Å². The minimum absolute atomic E-state index is 0.163. The Labute approximate surface area is 138 Å². The van der Waals surface area contributed by atoms with Gasteiger partial charge in [0, 0.05) is 32.1 Å². The third kappa shape index (κ3) is 7.73. The van der Waals surface area contributed by atoms with Gasteiger partial charge in [-0.3, -0.25) is 9.69 Å². The van der Waals surface area contributed by atoms with E-state index < -0.39 is 0 Å². The Hall–Kier alpha value is -0.410. The van der Waals surface area contributed by atoms with E-state index in [0.29, 0.717) is 23.2 Å². The number of carbonyl (C=O) groups excluding carboxylic acids is 1. The van der Waals surface area contributed by atoms with E-state index in [2.05, 4.69) is 44.4 Å². The summed E-state index contributed by atoms with van der Waals surface area (Å²) in [5.41, 5.74) is 0.808. The highest BCUT2D eigenvalue weighted by Gasteiger charge is 2.27. The van der Waals surface area contributed by atoms with E-state index in [1.807, 2.05) is 13.8 Å². The summed E-state index contributed by atoms with van der Waals surface area (Å²) in [4.78, 5) is 16.7. The van der Waals surface area contributed by atoms with Crippen LogP contribution in [0.25, 0.3) is 0 Å². The predicted octanol–water partition coefficient (Wildman–Crippen LogP) is 3.68. The van der Waals surface area contributed by atoms with Gasteiger partial charge in [0.05, 0.1) is 6.54 Å². The Morgan fingerprint density at radius 1 is 0.955 bits per heavy atom. The number of piperazine rings is 1. The van der Waals surface area contributed by atoms with Crippen LogP contribution < -0.4 is 0 Å². The maximum atomic E-state index is 11.8. The van der Waals surface area contributed by atoms with E-state index in [1.165, 1.54) is 19.4 Å². The number of Topliss-reactive ketones (excluding diaryl/α,β-unsaturated/α-hetero) is 1. The summed E-state index contributed by atoms with van der Waals surface area (Å²) < 4.78 is 0. The van der Waals surface area contributed by atoms with Crippen LogP contribution in [0.15, 0.2) is 0 Å². The average molecular weight is 311 g/mol. The maximum absolute atomic E-state index is 11.8. The fourth-order valence-corrected chi connectivity index (χ4v) is 3.56. The number of hydrogen-bond acceptors (Lipinski definition) is 3. The van der Waals surface area contributed by atoms with Gasteiger partial charge in [-0.25, -0.2) is 0 Å². The fraction of sp³-hybridized carbons (Fsp3) is 0.947.